The SMILES string of the molecule is Brc1cccc(-c2nnc(CN3CCC(c4c[nH]c5ccccc45)CC3)o2)c1. The first kappa shape index (κ1) is 17.6. The minimum atomic E-state index is 0.574. The molecule has 2 aromatic carbocycles. The second-order valence-corrected chi connectivity index (χ2v) is 8.27. The predicted octanol–water partition coefficient (Wildman–Crippen LogP) is 5.36. The van der Waals surface area contributed by atoms with Gasteiger partial charge in [0.15, 0.2) is 0 Å². The van der Waals surface area contributed by atoms with E-state index in [0.717, 1.165) is 36.0 Å². The largest absolute Gasteiger partial charge is 0.419 e. The number of halogens is 1. The van der Waals surface area contributed by atoms with Gasteiger partial charge < -0.3 is 9.40 Å². The molecule has 5 nitrogen and oxygen atoms in total. The quantitative estimate of drug-likeness (QED) is 0.467. The van der Waals surface area contributed by atoms with Crippen LogP contribution in [0.1, 0.15) is 30.2 Å². The van der Waals surface area contributed by atoms with E-state index in [-0.39, 0.29) is 0 Å². The van der Waals surface area contributed by atoms with E-state index >= 15 is 0 Å². The summed E-state index contributed by atoms with van der Waals surface area (Å²) in [6.45, 7) is 2.79. The molecule has 0 amide bonds. The first-order chi connectivity index (χ1) is 13.8. The van der Waals surface area contributed by atoms with E-state index in [1.807, 2.05) is 24.3 Å². The molecule has 0 saturated carbocycles. The van der Waals surface area contributed by atoms with Crippen LogP contribution in [0.2, 0.25) is 0 Å². The summed E-state index contributed by atoms with van der Waals surface area (Å²) in [5.74, 6) is 1.86. The van der Waals surface area contributed by atoms with Crippen molar-refractivity contribution >= 4 is 26.8 Å². The van der Waals surface area contributed by atoms with Crippen molar-refractivity contribution in [2.45, 2.75) is 25.3 Å². The summed E-state index contributed by atoms with van der Waals surface area (Å²) < 4.78 is 6.90. The van der Waals surface area contributed by atoms with Crippen LogP contribution in [0.15, 0.2) is 63.6 Å². The highest BCUT2D eigenvalue weighted by atomic mass is 79.9. The number of aromatic nitrogens is 3. The Morgan fingerprint density at radius 1 is 1.07 bits per heavy atom. The van der Waals surface area contributed by atoms with Gasteiger partial charge in [0.05, 0.1) is 6.54 Å². The lowest BCUT2D eigenvalue weighted by Gasteiger charge is -2.30. The van der Waals surface area contributed by atoms with Crippen LogP contribution < -0.4 is 0 Å². The lowest BCUT2D eigenvalue weighted by atomic mass is 9.89. The molecular weight excluding hydrogens is 416 g/mol. The Morgan fingerprint density at radius 2 is 1.93 bits per heavy atom. The van der Waals surface area contributed by atoms with Gasteiger partial charge in [-0.3, -0.25) is 4.90 Å². The molecule has 2 aromatic heterocycles. The molecule has 1 aliphatic rings. The number of hydrogen-bond acceptors (Lipinski definition) is 4. The highest BCUT2D eigenvalue weighted by Gasteiger charge is 2.24. The Balaban J connectivity index is 1.23. The van der Waals surface area contributed by atoms with E-state index in [4.69, 9.17) is 4.42 Å². The Labute approximate surface area is 171 Å². The molecule has 3 heterocycles. The van der Waals surface area contributed by atoms with E-state index < -0.39 is 0 Å². The molecule has 0 radical (unpaired) electrons. The van der Waals surface area contributed by atoms with E-state index in [1.165, 1.54) is 16.5 Å². The minimum Gasteiger partial charge on any atom is -0.419 e. The van der Waals surface area contributed by atoms with Gasteiger partial charge >= 0.3 is 0 Å². The first-order valence-electron chi connectivity index (χ1n) is 9.63. The van der Waals surface area contributed by atoms with Gasteiger partial charge in [0.2, 0.25) is 11.8 Å². The maximum atomic E-state index is 5.89. The Morgan fingerprint density at radius 3 is 2.79 bits per heavy atom. The van der Waals surface area contributed by atoms with Crippen LogP contribution in [-0.2, 0) is 6.54 Å². The number of para-hydroxylation sites is 1. The van der Waals surface area contributed by atoms with Crippen LogP contribution in [-0.4, -0.2) is 33.2 Å². The molecule has 0 unspecified atom stereocenters. The van der Waals surface area contributed by atoms with E-state index in [9.17, 15) is 0 Å². The van der Waals surface area contributed by atoms with Crippen molar-refractivity contribution in [3.05, 3.63) is 70.7 Å². The second kappa shape index (κ2) is 7.53. The molecule has 4 aromatic rings. The van der Waals surface area contributed by atoms with Crippen molar-refractivity contribution in [1.29, 1.82) is 0 Å². The number of aromatic amines is 1. The summed E-state index contributed by atoms with van der Waals surface area (Å²) in [5.41, 5.74) is 3.61. The minimum absolute atomic E-state index is 0.574. The van der Waals surface area contributed by atoms with Gasteiger partial charge in [0.25, 0.3) is 0 Å². The summed E-state index contributed by atoms with van der Waals surface area (Å²) in [6, 6.07) is 16.5. The molecule has 142 valence electrons. The van der Waals surface area contributed by atoms with Gasteiger partial charge in [0.1, 0.15) is 0 Å². The van der Waals surface area contributed by atoms with Gasteiger partial charge in [-0.1, -0.05) is 40.2 Å². The third kappa shape index (κ3) is 3.50. The van der Waals surface area contributed by atoms with Crippen molar-refractivity contribution in [1.82, 2.24) is 20.1 Å². The van der Waals surface area contributed by atoms with Gasteiger partial charge in [-0.2, -0.15) is 0 Å². The summed E-state index contributed by atoms with van der Waals surface area (Å²) in [5, 5.41) is 9.82. The molecule has 0 bridgehead atoms. The molecule has 0 spiro atoms. The monoisotopic (exact) mass is 436 g/mol. The van der Waals surface area contributed by atoms with Gasteiger partial charge in [0, 0.05) is 27.1 Å². The van der Waals surface area contributed by atoms with Crippen LogP contribution >= 0.6 is 15.9 Å². The van der Waals surface area contributed by atoms with Gasteiger partial charge in [-0.05, 0) is 61.7 Å². The summed E-state index contributed by atoms with van der Waals surface area (Å²) in [4.78, 5) is 5.81. The molecule has 0 aliphatic carbocycles. The van der Waals surface area contributed by atoms with Gasteiger partial charge in [-0.25, -0.2) is 0 Å². The number of nitrogens with zero attached hydrogens (tertiary/aromatic N) is 3. The molecule has 1 saturated heterocycles. The fourth-order valence-corrected chi connectivity index (χ4v) is 4.48. The second-order valence-electron chi connectivity index (χ2n) is 7.35. The first-order valence-corrected chi connectivity index (χ1v) is 10.4. The number of fused-ring (bicyclic) bond motifs is 1. The zero-order valence-corrected chi connectivity index (χ0v) is 17.0. The Hall–Kier alpha value is -2.44. The normalized spacial score (nSPS) is 16.0. The maximum absolute atomic E-state index is 5.89. The molecule has 1 aliphatic heterocycles. The van der Waals surface area contributed by atoms with Crippen LogP contribution in [0.25, 0.3) is 22.4 Å². The van der Waals surface area contributed by atoms with Crippen LogP contribution in [0, 0.1) is 0 Å². The lowest BCUT2D eigenvalue weighted by Crippen LogP contribution is -2.32. The summed E-state index contributed by atoms with van der Waals surface area (Å²) >= 11 is 3.48. The Bertz CT molecular complexity index is 1090. The molecule has 0 atom stereocenters. The summed E-state index contributed by atoms with van der Waals surface area (Å²) in [6.07, 6.45) is 4.48. The molecule has 5 rings (SSSR count). The average molecular weight is 437 g/mol. The lowest BCUT2D eigenvalue weighted by molar-refractivity contribution is 0.188. The number of benzene rings is 2. The highest BCUT2D eigenvalue weighted by Crippen LogP contribution is 2.33. The topological polar surface area (TPSA) is 58.0 Å². The smallest absolute Gasteiger partial charge is 0.247 e. The van der Waals surface area contributed by atoms with Crippen LogP contribution in [0.5, 0.6) is 0 Å². The van der Waals surface area contributed by atoms with Crippen LogP contribution in [0.4, 0.5) is 0 Å². The zero-order chi connectivity index (χ0) is 18.9. The molecule has 1 N–H and O–H groups in total. The Kier molecular flexibility index (Phi) is 4.74. The fourth-order valence-electron chi connectivity index (χ4n) is 4.08. The number of hydrogen-bond donors (Lipinski definition) is 1. The molecule has 1 fully saturated rings. The number of likely N-dealkylation sites (tertiary alicyclic amines) is 1. The number of H-pyrrole nitrogens is 1. The number of piperidine rings is 1. The van der Waals surface area contributed by atoms with Gasteiger partial charge in [-0.15, -0.1) is 10.2 Å². The van der Waals surface area contributed by atoms with E-state index in [1.54, 1.807) is 0 Å². The van der Waals surface area contributed by atoms with E-state index in [2.05, 4.69) is 66.5 Å². The molecule has 28 heavy (non-hydrogen) atoms. The zero-order valence-electron chi connectivity index (χ0n) is 15.4. The van der Waals surface area contributed by atoms with E-state index in [0.29, 0.717) is 24.2 Å². The van der Waals surface area contributed by atoms with Crippen LogP contribution in [0.3, 0.4) is 0 Å². The third-order valence-corrected chi connectivity index (χ3v) is 6.04. The van der Waals surface area contributed by atoms with Crippen molar-refractivity contribution in [2.75, 3.05) is 13.1 Å². The third-order valence-electron chi connectivity index (χ3n) is 5.55. The average Bonchev–Trinajstić information content (AvgIpc) is 3.36. The number of nitrogens with one attached hydrogen (secondary N) is 1. The van der Waals surface area contributed by atoms with Crippen molar-refractivity contribution in [3.8, 4) is 11.5 Å². The molecule has 6 heteroatoms. The van der Waals surface area contributed by atoms with Crippen molar-refractivity contribution in [3.63, 3.8) is 0 Å². The number of rotatable bonds is 4. The standard InChI is InChI=1S/C22H21BrN4O/c23-17-5-3-4-16(12-17)22-26-25-21(28-22)14-27-10-8-15(9-11-27)19-13-24-20-7-2-1-6-18(19)20/h1-7,12-13,15,24H,8-11,14H2. The summed E-state index contributed by atoms with van der Waals surface area (Å²) in [7, 11) is 0. The molecular formula is C22H21BrN4O. The highest BCUT2D eigenvalue weighted by molar-refractivity contribution is 9.10. The predicted molar refractivity (Wildman–Crippen MR) is 113 cm³/mol. The fraction of sp³-hybridized carbons (Fsp3) is 0.273. The van der Waals surface area contributed by atoms with Crippen molar-refractivity contribution in [2.24, 2.45) is 0 Å². The van der Waals surface area contributed by atoms with Crippen molar-refractivity contribution < 1.29 is 4.42 Å². The maximum Gasteiger partial charge on any atom is 0.247 e.